The molecule has 0 aromatic rings. The fourth-order valence-corrected chi connectivity index (χ4v) is 3.37. The summed E-state index contributed by atoms with van der Waals surface area (Å²) in [5, 5.41) is 0. The number of hydrogen-bond donors (Lipinski definition) is 0. The molecule has 116 valence electrons. The molecule has 0 aromatic carbocycles. The number of likely N-dealkylation sites (tertiary alicyclic amines) is 1. The normalized spacial score (nSPS) is 26.2. The maximum atomic E-state index is 12.7. The van der Waals surface area contributed by atoms with Crippen LogP contribution in [0.1, 0.15) is 46.5 Å². The zero-order valence-electron chi connectivity index (χ0n) is 13.1. The predicted molar refractivity (Wildman–Crippen MR) is 78.2 cm³/mol. The number of rotatable bonds is 5. The highest BCUT2D eigenvalue weighted by Crippen LogP contribution is 2.28. The van der Waals surface area contributed by atoms with Crippen molar-refractivity contribution in [3.8, 4) is 0 Å². The van der Waals surface area contributed by atoms with Crippen LogP contribution in [0.3, 0.4) is 0 Å². The lowest BCUT2D eigenvalue weighted by Gasteiger charge is -2.37. The third-order valence-corrected chi connectivity index (χ3v) is 4.52. The Labute approximate surface area is 122 Å². The second-order valence-corrected chi connectivity index (χ2v) is 6.44. The first kappa shape index (κ1) is 15.8. The zero-order chi connectivity index (χ0) is 14.5. The lowest BCUT2D eigenvalue weighted by Crippen LogP contribution is -2.46. The van der Waals surface area contributed by atoms with Crippen molar-refractivity contribution >= 4 is 5.91 Å². The highest BCUT2D eigenvalue weighted by atomic mass is 16.7. The van der Waals surface area contributed by atoms with E-state index in [1.54, 1.807) is 0 Å². The minimum atomic E-state index is -0.0886. The molecule has 2 fully saturated rings. The lowest BCUT2D eigenvalue weighted by atomic mass is 9.88. The molecule has 2 saturated heterocycles. The maximum Gasteiger partial charge on any atom is 0.225 e. The van der Waals surface area contributed by atoms with Gasteiger partial charge in [0.2, 0.25) is 5.91 Å². The Bertz CT molecular complexity index is 313. The van der Waals surface area contributed by atoms with E-state index in [2.05, 4.69) is 25.7 Å². The van der Waals surface area contributed by atoms with Gasteiger partial charge in [-0.05, 0) is 25.2 Å². The van der Waals surface area contributed by atoms with Crippen molar-refractivity contribution in [3.63, 3.8) is 0 Å². The minimum absolute atomic E-state index is 0.0886. The fourth-order valence-electron chi connectivity index (χ4n) is 3.37. The Morgan fingerprint density at radius 3 is 2.60 bits per heavy atom. The van der Waals surface area contributed by atoms with Gasteiger partial charge in [-0.2, -0.15) is 0 Å². The van der Waals surface area contributed by atoms with Crippen LogP contribution in [0.5, 0.6) is 0 Å². The summed E-state index contributed by atoms with van der Waals surface area (Å²) < 4.78 is 11.2. The second-order valence-electron chi connectivity index (χ2n) is 6.44. The quantitative estimate of drug-likeness (QED) is 0.778. The highest BCUT2D eigenvalue weighted by Gasteiger charge is 2.35. The van der Waals surface area contributed by atoms with Gasteiger partial charge < -0.3 is 14.4 Å². The Kier molecular flexibility index (Phi) is 5.85. The first-order chi connectivity index (χ1) is 9.63. The van der Waals surface area contributed by atoms with Crippen molar-refractivity contribution in [2.24, 2.45) is 17.8 Å². The van der Waals surface area contributed by atoms with E-state index in [1.165, 1.54) is 0 Å². The van der Waals surface area contributed by atoms with Crippen molar-refractivity contribution in [1.29, 1.82) is 0 Å². The molecular weight excluding hydrogens is 254 g/mol. The van der Waals surface area contributed by atoms with Gasteiger partial charge >= 0.3 is 0 Å². The SMILES string of the molecule is CCC[C@H](C(=O)N1CCC[C@@H](C2OCCO2)C1)C(C)C. The molecule has 2 aliphatic rings. The molecule has 0 aromatic heterocycles. The summed E-state index contributed by atoms with van der Waals surface area (Å²) in [6.45, 7) is 9.55. The van der Waals surface area contributed by atoms with Gasteiger partial charge in [0, 0.05) is 24.9 Å². The molecule has 1 amide bonds. The Morgan fingerprint density at radius 1 is 1.30 bits per heavy atom. The smallest absolute Gasteiger partial charge is 0.225 e. The molecule has 2 heterocycles. The van der Waals surface area contributed by atoms with Gasteiger partial charge in [0.05, 0.1) is 13.2 Å². The van der Waals surface area contributed by atoms with Gasteiger partial charge in [-0.1, -0.05) is 27.2 Å². The first-order valence-electron chi connectivity index (χ1n) is 8.15. The van der Waals surface area contributed by atoms with Gasteiger partial charge in [0.1, 0.15) is 0 Å². The summed E-state index contributed by atoms with van der Waals surface area (Å²) >= 11 is 0. The Morgan fingerprint density at radius 2 is 2.00 bits per heavy atom. The summed E-state index contributed by atoms with van der Waals surface area (Å²) in [7, 11) is 0. The molecule has 0 aliphatic carbocycles. The van der Waals surface area contributed by atoms with Crippen molar-refractivity contribution in [2.45, 2.75) is 52.7 Å². The number of carbonyl (C=O) groups excluding carboxylic acids is 1. The molecule has 20 heavy (non-hydrogen) atoms. The van der Waals surface area contributed by atoms with E-state index in [-0.39, 0.29) is 12.2 Å². The number of hydrogen-bond acceptors (Lipinski definition) is 3. The lowest BCUT2D eigenvalue weighted by molar-refractivity contribution is -0.144. The van der Waals surface area contributed by atoms with E-state index >= 15 is 0 Å². The van der Waals surface area contributed by atoms with Crippen LogP contribution in [-0.4, -0.2) is 43.4 Å². The van der Waals surface area contributed by atoms with Crippen molar-refractivity contribution in [2.75, 3.05) is 26.3 Å². The number of amides is 1. The first-order valence-corrected chi connectivity index (χ1v) is 8.15. The van der Waals surface area contributed by atoms with Crippen molar-refractivity contribution in [1.82, 2.24) is 4.90 Å². The second kappa shape index (κ2) is 7.41. The molecule has 2 atom stereocenters. The van der Waals surface area contributed by atoms with Gasteiger partial charge in [0.15, 0.2) is 6.29 Å². The largest absolute Gasteiger partial charge is 0.350 e. The van der Waals surface area contributed by atoms with Crippen LogP contribution in [0.2, 0.25) is 0 Å². The summed E-state index contributed by atoms with van der Waals surface area (Å²) in [6.07, 6.45) is 4.15. The monoisotopic (exact) mass is 283 g/mol. The van der Waals surface area contributed by atoms with Gasteiger partial charge in [-0.15, -0.1) is 0 Å². The summed E-state index contributed by atoms with van der Waals surface area (Å²) in [5.41, 5.74) is 0. The fraction of sp³-hybridized carbons (Fsp3) is 0.938. The van der Waals surface area contributed by atoms with E-state index in [9.17, 15) is 4.79 Å². The minimum Gasteiger partial charge on any atom is -0.350 e. The molecule has 2 rings (SSSR count). The average molecular weight is 283 g/mol. The van der Waals surface area contributed by atoms with Gasteiger partial charge in [-0.3, -0.25) is 4.79 Å². The van der Waals surface area contributed by atoms with E-state index in [1.807, 2.05) is 0 Å². The molecule has 2 aliphatic heterocycles. The number of nitrogens with zero attached hydrogens (tertiary/aromatic N) is 1. The molecule has 0 radical (unpaired) electrons. The zero-order valence-corrected chi connectivity index (χ0v) is 13.1. The number of ether oxygens (including phenoxy) is 2. The molecule has 0 unspecified atom stereocenters. The number of carbonyl (C=O) groups is 1. The highest BCUT2D eigenvalue weighted by molar-refractivity contribution is 5.79. The van der Waals surface area contributed by atoms with Crippen LogP contribution >= 0.6 is 0 Å². The van der Waals surface area contributed by atoms with Crippen LogP contribution in [0.25, 0.3) is 0 Å². The third kappa shape index (κ3) is 3.73. The van der Waals surface area contributed by atoms with Crippen LogP contribution in [0.15, 0.2) is 0 Å². The molecular formula is C16H29NO3. The summed E-state index contributed by atoms with van der Waals surface area (Å²) in [6, 6.07) is 0. The van der Waals surface area contributed by atoms with E-state index < -0.39 is 0 Å². The number of piperidine rings is 1. The van der Waals surface area contributed by atoms with Crippen molar-refractivity contribution < 1.29 is 14.3 Å². The molecule has 4 nitrogen and oxygen atoms in total. The van der Waals surface area contributed by atoms with Crippen LogP contribution in [0, 0.1) is 17.8 Å². The third-order valence-electron chi connectivity index (χ3n) is 4.52. The van der Waals surface area contributed by atoms with Crippen molar-refractivity contribution in [3.05, 3.63) is 0 Å². The van der Waals surface area contributed by atoms with Crippen LogP contribution < -0.4 is 0 Å². The molecule has 4 heteroatoms. The Hall–Kier alpha value is -0.610. The maximum absolute atomic E-state index is 12.7. The van der Waals surface area contributed by atoms with E-state index in [0.717, 1.165) is 38.8 Å². The van der Waals surface area contributed by atoms with E-state index in [4.69, 9.17) is 9.47 Å². The van der Waals surface area contributed by atoms with Crippen LogP contribution in [-0.2, 0) is 14.3 Å². The Balaban J connectivity index is 1.94. The molecule has 0 saturated carbocycles. The summed E-state index contributed by atoms with van der Waals surface area (Å²) in [5.74, 6) is 1.28. The van der Waals surface area contributed by atoms with Gasteiger partial charge in [0.25, 0.3) is 0 Å². The summed E-state index contributed by atoms with van der Waals surface area (Å²) in [4.78, 5) is 14.8. The predicted octanol–water partition coefficient (Wildman–Crippen LogP) is 2.67. The van der Waals surface area contributed by atoms with Gasteiger partial charge in [-0.25, -0.2) is 0 Å². The van der Waals surface area contributed by atoms with E-state index in [0.29, 0.717) is 31.0 Å². The standard InChI is InChI=1S/C16H29NO3/c1-4-6-14(12(2)3)15(18)17-8-5-7-13(11-17)16-19-9-10-20-16/h12-14,16H,4-11H2,1-3H3/t13-,14+/m1/s1. The molecule has 0 N–H and O–H groups in total. The topological polar surface area (TPSA) is 38.8 Å². The molecule has 0 spiro atoms. The molecule has 0 bridgehead atoms. The van der Waals surface area contributed by atoms with Crippen LogP contribution in [0.4, 0.5) is 0 Å². The average Bonchev–Trinajstić information content (AvgIpc) is 2.98.